The summed E-state index contributed by atoms with van der Waals surface area (Å²) in [5.74, 6) is 0. The lowest BCUT2D eigenvalue weighted by molar-refractivity contribution is -0.0346. The Labute approximate surface area is 123 Å². The van der Waals surface area contributed by atoms with Crippen LogP contribution in [0, 0.1) is 3.57 Å². The van der Waals surface area contributed by atoms with E-state index in [-0.39, 0.29) is 0 Å². The molecule has 0 atom stereocenters. The van der Waals surface area contributed by atoms with Crippen molar-refractivity contribution in [3.8, 4) is 0 Å². The minimum atomic E-state index is 0.441. The van der Waals surface area contributed by atoms with Gasteiger partial charge in [-0.3, -0.25) is 4.90 Å². The molecule has 1 saturated carbocycles. The van der Waals surface area contributed by atoms with Crippen molar-refractivity contribution in [1.29, 1.82) is 0 Å². The van der Waals surface area contributed by atoms with Gasteiger partial charge in [-0.05, 0) is 66.4 Å². The first-order chi connectivity index (χ1) is 8.70. The van der Waals surface area contributed by atoms with Crippen molar-refractivity contribution in [3.63, 3.8) is 0 Å². The van der Waals surface area contributed by atoms with Crippen molar-refractivity contribution in [2.45, 2.75) is 50.2 Å². The van der Waals surface area contributed by atoms with Crippen molar-refractivity contribution >= 4 is 22.6 Å². The summed E-state index contributed by atoms with van der Waals surface area (Å²) in [5.41, 5.74) is 7.95. The normalized spacial score (nSPS) is 32.4. The number of hydrogen-bond acceptors (Lipinski definition) is 2. The lowest BCUT2D eigenvalue weighted by atomic mass is 9.67. The first-order valence-electron chi connectivity index (χ1n) is 6.94. The lowest BCUT2D eigenvalue weighted by Crippen LogP contribution is -2.63. The second-order valence-corrected chi connectivity index (χ2v) is 7.02. The van der Waals surface area contributed by atoms with Crippen LogP contribution in [0.5, 0.6) is 0 Å². The number of rotatable bonds is 2. The minimum Gasteiger partial charge on any atom is -0.328 e. The van der Waals surface area contributed by atoms with Crippen LogP contribution in [0.3, 0.4) is 0 Å². The van der Waals surface area contributed by atoms with E-state index in [0.717, 1.165) is 6.54 Å². The van der Waals surface area contributed by atoms with Crippen LogP contribution in [-0.2, 0) is 6.54 Å². The summed E-state index contributed by atoms with van der Waals surface area (Å²) in [7, 11) is 0. The highest BCUT2D eigenvalue weighted by Gasteiger charge is 2.47. The van der Waals surface area contributed by atoms with Gasteiger partial charge in [0.25, 0.3) is 0 Å². The van der Waals surface area contributed by atoms with Gasteiger partial charge < -0.3 is 5.73 Å². The van der Waals surface area contributed by atoms with E-state index in [4.69, 9.17) is 5.73 Å². The van der Waals surface area contributed by atoms with Crippen LogP contribution >= 0.6 is 22.6 Å². The summed E-state index contributed by atoms with van der Waals surface area (Å²) in [6.45, 7) is 2.35. The molecule has 1 spiro atoms. The molecule has 1 aromatic rings. The van der Waals surface area contributed by atoms with E-state index < -0.39 is 0 Å². The molecule has 1 saturated heterocycles. The molecular weight excluding hydrogens is 335 g/mol. The Bertz CT molecular complexity index is 421. The van der Waals surface area contributed by atoms with Crippen LogP contribution in [0.1, 0.15) is 37.7 Å². The third-order valence-electron chi connectivity index (χ3n) is 4.59. The molecule has 2 nitrogen and oxygen atoms in total. The molecule has 1 aromatic carbocycles. The molecule has 0 amide bonds. The van der Waals surface area contributed by atoms with Crippen LogP contribution in [-0.4, -0.2) is 23.0 Å². The first kappa shape index (κ1) is 12.9. The standard InChI is InChI=1S/C15H21IN2/c16-14-6-2-1-5-12(14)11-18-8-4-3-7-15(18)9-13(17)10-15/h1-2,5-6,13H,3-4,7-11,17H2. The predicted molar refractivity (Wildman–Crippen MR) is 83.4 cm³/mol. The molecule has 2 aliphatic rings. The Morgan fingerprint density at radius 1 is 1.28 bits per heavy atom. The van der Waals surface area contributed by atoms with Crippen molar-refractivity contribution < 1.29 is 0 Å². The van der Waals surface area contributed by atoms with Crippen molar-refractivity contribution in [1.82, 2.24) is 4.90 Å². The van der Waals surface area contributed by atoms with Crippen LogP contribution < -0.4 is 5.73 Å². The van der Waals surface area contributed by atoms with Crippen molar-refractivity contribution in [2.24, 2.45) is 5.73 Å². The highest BCUT2D eigenvalue weighted by molar-refractivity contribution is 14.1. The molecule has 3 rings (SSSR count). The lowest BCUT2D eigenvalue weighted by Gasteiger charge is -2.56. The number of benzene rings is 1. The molecule has 1 aliphatic heterocycles. The fourth-order valence-corrected chi connectivity index (χ4v) is 4.17. The van der Waals surface area contributed by atoms with E-state index in [1.807, 2.05) is 0 Å². The predicted octanol–water partition coefficient (Wildman–Crippen LogP) is 3.14. The summed E-state index contributed by atoms with van der Waals surface area (Å²) < 4.78 is 1.39. The first-order valence-corrected chi connectivity index (χ1v) is 8.02. The van der Waals surface area contributed by atoms with E-state index in [0.29, 0.717) is 11.6 Å². The fraction of sp³-hybridized carbons (Fsp3) is 0.600. The fourth-order valence-electron chi connectivity index (χ4n) is 3.61. The van der Waals surface area contributed by atoms with E-state index in [9.17, 15) is 0 Å². The molecule has 1 aliphatic carbocycles. The van der Waals surface area contributed by atoms with Gasteiger partial charge in [-0.2, -0.15) is 0 Å². The zero-order chi connectivity index (χ0) is 12.6. The summed E-state index contributed by atoms with van der Waals surface area (Å²) in [5, 5.41) is 0. The molecule has 3 heteroatoms. The van der Waals surface area contributed by atoms with Gasteiger partial charge >= 0.3 is 0 Å². The molecule has 1 heterocycles. The number of piperidine rings is 1. The summed E-state index contributed by atoms with van der Waals surface area (Å²) in [4.78, 5) is 2.71. The smallest absolute Gasteiger partial charge is 0.0249 e. The van der Waals surface area contributed by atoms with Gasteiger partial charge in [0.05, 0.1) is 0 Å². The van der Waals surface area contributed by atoms with Gasteiger partial charge in [0, 0.05) is 21.7 Å². The number of halogens is 1. The number of hydrogen-bond donors (Lipinski definition) is 1. The SMILES string of the molecule is NC1CC2(CCCCN2Cc2ccccc2I)C1. The maximum atomic E-state index is 6.04. The Morgan fingerprint density at radius 3 is 2.78 bits per heavy atom. The number of nitrogens with zero attached hydrogens (tertiary/aromatic N) is 1. The van der Waals surface area contributed by atoms with Gasteiger partial charge in [-0.25, -0.2) is 0 Å². The Kier molecular flexibility index (Phi) is 3.65. The largest absolute Gasteiger partial charge is 0.328 e. The van der Waals surface area contributed by atoms with Crippen LogP contribution in [0.25, 0.3) is 0 Å². The Balaban J connectivity index is 1.76. The van der Waals surface area contributed by atoms with E-state index in [1.165, 1.54) is 47.8 Å². The molecule has 0 bridgehead atoms. The van der Waals surface area contributed by atoms with Gasteiger partial charge in [-0.1, -0.05) is 24.6 Å². The van der Waals surface area contributed by atoms with Gasteiger partial charge in [-0.15, -0.1) is 0 Å². The van der Waals surface area contributed by atoms with E-state index >= 15 is 0 Å². The Morgan fingerprint density at radius 2 is 2.06 bits per heavy atom. The van der Waals surface area contributed by atoms with E-state index in [2.05, 4.69) is 51.8 Å². The molecule has 98 valence electrons. The maximum Gasteiger partial charge on any atom is 0.0249 e. The Hall–Kier alpha value is -0.130. The third-order valence-corrected chi connectivity index (χ3v) is 5.65. The second kappa shape index (κ2) is 5.10. The van der Waals surface area contributed by atoms with Crippen LogP contribution in [0.15, 0.2) is 24.3 Å². The topological polar surface area (TPSA) is 29.3 Å². The van der Waals surface area contributed by atoms with Gasteiger partial charge in [0.1, 0.15) is 0 Å². The number of nitrogens with two attached hydrogens (primary N) is 1. The summed E-state index contributed by atoms with van der Waals surface area (Å²) in [6, 6.07) is 9.19. The average Bonchev–Trinajstić information content (AvgIpc) is 2.33. The molecule has 2 fully saturated rings. The monoisotopic (exact) mass is 356 g/mol. The minimum absolute atomic E-state index is 0.441. The average molecular weight is 356 g/mol. The molecular formula is C15H21IN2. The van der Waals surface area contributed by atoms with E-state index in [1.54, 1.807) is 0 Å². The summed E-state index contributed by atoms with van der Waals surface area (Å²) >= 11 is 2.45. The van der Waals surface area contributed by atoms with Gasteiger partial charge in [0.2, 0.25) is 0 Å². The van der Waals surface area contributed by atoms with Crippen molar-refractivity contribution in [3.05, 3.63) is 33.4 Å². The zero-order valence-corrected chi connectivity index (χ0v) is 12.9. The van der Waals surface area contributed by atoms with Gasteiger partial charge in [0.15, 0.2) is 0 Å². The molecule has 0 unspecified atom stereocenters. The maximum absolute atomic E-state index is 6.04. The van der Waals surface area contributed by atoms with Crippen LogP contribution in [0.4, 0.5) is 0 Å². The third kappa shape index (κ3) is 2.32. The highest BCUT2D eigenvalue weighted by Crippen LogP contribution is 2.44. The second-order valence-electron chi connectivity index (χ2n) is 5.86. The number of likely N-dealkylation sites (tertiary alicyclic amines) is 1. The quantitative estimate of drug-likeness (QED) is 0.825. The zero-order valence-electron chi connectivity index (χ0n) is 10.7. The molecule has 18 heavy (non-hydrogen) atoms. The summed E-state index contributed by atoms with van der Waals surface area (Å²) in [6.07, 6.45) is 6.49. The molecule has 0 radical (unpaired) electrons. The highest BCUT2D eigenvalue weighted by atomic mass is 127. The molecule has 2 N–H and O–H groups in total. The van der Waals surface area contributed by atoms with Crippen LogP contribution in [0.2, 0.25) is 0 Å². The van der Waals surface area contributed by atoms with Crippen molar-refractivity contribution in [2.75, 3.05) is 6.54 Å². The molecule has 0 aromatic heterocycles.